The van der Waals surface area contributed by atoms with Crippen LogP contribution >= 0.6 is 0 Å². The summed E-state index contributed by atoms with van der Waals surface area (Å²) in [6, 6.07) is 2.47. The fourth-order valence-corrected chi connectivity index (χ4v) is 1.71. The van der Waals surface area contributed by atoms with Gasteiger partial charge in [0.05, 0.1) is 25.5 Å². The number of aromatic carboxylic acids is 1. The van der Waals surface area contributed by atoms with Crippen LogP contribution in [-0.2, 0) is 0 Å². The van der Waals surface area contributed by atoms with Crippen LogP contribution in [0.4, 0.5) is 4.39 Å². The molecule has 0 aliphatic carbocycles. The van der Waals surface area contributed by atoms with Crippen LogP contribution in [0.3, 0.4) is 0 Å². The third-order valence-electron chi connectivity index (χ3n) is 2.67. The molecule has 106 valence electrons. The van der Waals surface area contributed by atoms with Crippen molar-refractivity contribution in [2.45, 2.75) is 0 Å². The van der Waals surface area contributed by atoms with Crippen molar-refractivity contribution in [1.82, 2.24) is 10.2 Å². The minimum atomic E-state index is -1.22. The van der Waals surface area contributed by atoms with Gasteiger partial charge in [-0.2, -0.15) is 9.49 Å². The second-order valence-electron chi connectivity index (χ2n) is 3.79. The van der Waals surface area contributed by atoms with Gasteiger partial charge in [-0.1, -0.05) is 0 Å². The molecule has 8 heteroatoms. The number of carboxylic acid groups (broad SMARTS) is 1. The summed E-state index contributed by atoms with van der Waals surface area (Å²) in [5, 5.41) is 24.6. The number of nitrogens with one attached hydrogen (secondary N) is 1. The van der Waals surface area contributed by atoms with Crippen LogP contribution in [0, 0.1) is 5.82 Å². The Morgan fingerprint density at radius 3 is 2.55 bits per heavy atom. The summed E-state index contributed by atoms with van der Waals surface area (Å²) in [6.07, 6.45) is 0. The maximum atomic E-state index is 14.0. The first-order chi connectivity index (χ1) is 9.49. The first kappa shape index (κ1) is 13.7. The Morgan fingerprint density at radius 1 is 1.35 bits per heavy atom. The van der Waals surface area contributed by atoms with Crippen molar-refractivity contribution in [3.8, 4) is 28.5 Å². The van der Waals surface area contributed by atoms with Gasteiger partial charge in [-0.15, -0.1) is 0 Å². The summed E-state index contributed by atoms with van der Waals surface area (Å²) in [7, 11) is 2.54. The van der Waals surface area contributed by atoms with Crippen molar-refractivity contribution in [2.24, 2.45) is 0 Å². The van der Waals surface area contributed by atoms with Crippen LogP contribution in [0.1, 0.15) is 10.5 Å². The Morgan fingerprint density at radius 2 is 2.05 bits per heavy atom. The molecular formula is C12H11FN2O5. The molecule has 1 heterocycles. The first-order valence-corrected chi connectivity index (χ1v) is 5.42. The van der Waals surface area contributed by atoms with Gasteiger partial charge in [0, 0.05) is 0 Å². The number of ether oxygens (including phenoxy) is 2. The fourth-order valence-electron chi connectivity index (χ4n) is 1.71. The average molecular weight is 282 g/mol. The van der Waals surface area contributed by atoms with E-state index in [4.69, 9.17) is 14.6 Å². The maximum absolute atomic E-state index is 14.0. The monoisotopic (exact) mass is 282 g/mol. The number of aromatic nitrogens is 2. The minimum absolute atomic E-state index is 0.0103. The predicted molar refractivity (Wildman–Crippen MR) is 65.7 cm³/mol. The van der Waals surface area contributed by atoms with Crippen molar-refractivity contribution >= 4 is 5.97 Å². The molecule has 0 aliphatic heterocycles. The van der Waals surface area contributed by atoms with Gasteiger partial charge in [-0.25, -0.2) is 4.79 Å². The van der Waals surface area contributed by atoms with E-state index in [-0.39, 0.29) is 28.5 Å². The van der Waals surface area contributed by atoms with Gasteiger partial charge >= 0.3 is 5.97 Å². The molecule has 3 N–H and O–H groups in total. The number of carboxylic acids is 1. The molecule has 0 fully saturated rings. The Kier molecular flexibility index (Phi) is 3.47. The molecule has 0 saturated heterocycles. The molecule has 0 radical (unpaired) electrons. The van der Waals surface area contributed by atoms with E-state index in [9.17, 15) is 14.3 Å². The van der Waals surface area contributed by atoms with Crippen LogP contribution in [0.25, 0.3) is 11.3 Å². The van der Waals surface area contributed by atoms with E-state index >= 15 is 0 Å². The molecule has 1 aromatic heterocycles. The number of nitrogens with zero attached hydrogens (tertiary/aromatic N) is 1. The Bertz CT molecular complexity index is 668. The van der Waals surface area contributed by atoms with E-state index in [1.165, 1.54) is 26.4 Å². The highest BCUT2D eigenvalue weighted by atomic mass is 19.1. The molecule has 7 nitrogen and oxygen atoms in total. The zero-order chi connectivity index (χ0) is 14.9. The average Bonchev–Trinajstić information content (AvgIpc) is 2.91. The lowest BCUT2D eigenvalue weighted by Gasteiger charge is -2.12. The number of H-pyrrole nitrogens is 1. The maximum Gasteiger partial charge on any atom is 0.353 e. The number of hydrogen-bond donors (Lipinski definition) is 3. The van der Waals surface area contributed by atoms with E-state index < -0.39 is 17.5 Å². The zero-order valence-corrected chi connectivity index (χ0v) is 10.6. The van der Waals surface area contributed by atoms with Crippen molar-refractivity contribution in [1.29, 1.82) is 0 Å². The van der Waals surface area contributed by atoms with Gasteiger partial charge < -0.3 is 19.7 Å². The SMILES string of the molecule is COc1cc(-c2cc(C(=O)O)[nH]n2)c(O)c(F)c1OC. The lowest BCUT2D eigenvalue weighted by atomic mass is 10.1. The predicted octanol–water partition coefficient (Wildman–Crippen LogP) is 1.64. The molecule has 0 spiro atoms. The number of phenols is 1. The number of aromatic hydroxyl groups is 1. The van der Waals surface area contributed by atoms with E-state index in [0.29, 0.717) is 0 Å². The third-order valence-corrected chi connectivity index (χ3v) is 2.67. The number of rotatable bonds is 4. The lowest BCUT2D eigenvalue weighted by molar-refractivity contribution is 0.0690. The normalized spacial score (nSPS) is 10.3. The molecule has 0 bridgehead atoms. The molecule has 0 aliphatic rings. The smallest absolute Gasteiger partial charge is 0.353 e. The molecule has 0 unspecified atom stereocenters. The van der Waals surface area contributed by atoms with Crippen molar-refractivity contribution in [3.63, 3.8) is 0 Å². The second kappa shape index (κ2) is 5.08. The number of halogens is 1. The molecule has 20 heavy (non-hydrogen) atoms. The van der Waals surface area contributed by atoms with Crippen LogP contribution in [-0.4, -0.2) is 40.6 Å². The van der Waals surface area contributed by atoms with E-state index in [1.807, 2.05) is 0 Å². The molecule has 0 atom stereocenters. The number of carbonyl (C=O) groups is 1. The Labute approximate surface area is 112 Å². The standard InChI is InChI=1S/C12H11FN2O5/c1-19-8-3-5(10(16)9(13)11(8)20-2)6-4-7(12(17)18)15-14-6/h3-4,16H,1-2H3,(H,14,15)(H,17,18). The highest BCUT2D eigenvalue weighted by Gasteiger charge is 2.22. The highest BCUT2D eigenvalue weighted by molar-refractivity contribution is 5.87. The lowest BCUT2D eigenvalue weighted by Crippen LogP contribution is -1.96. The summed E-state index contributed by atoms with van der Waals surface area (Å²) in [5.74, 6) is -3.13. The van der Waals surface area contributed by atoms with Crippen LogP contribution in [0.5, 0.6) is 17.2 Å². The minimum Gasteiger partial charge on any atom is -0.504 e. The van der Waals surface area contributed by atoms with Gasteiger partial charge in [0.2, 0.25) is 11.6 Å². The number of methoxy groups -OCH3 is 2. The first-order valence-electron chi connectivity index (χ1n) is 5.42. The van der Waals surface area contributed by atoms with Gasteiger partial charge in [0.1, 0.15) is 5.69 Å². The van der Waals surface area contributed by atoms with Gasteiger partial charge in [-0.05, 0) is 12.1 Å². The third kappa shape index (κ3) is 2.11. The molecular weight excluding hydrogens is 271 g/mol. The molecule has 2 aromatic rings. The van der Waals surface area contributed by atoms with Gasteiger partial charge in [0.15, 0.2) is 11.5 Å². The summed E-state index contributed by atoms with van der Waals surface area (Å²) < 4.78 is 23.7. The summed E-state index contributed by atoms with van der Waals surface area (Å²) in [5.41, 5.74) is -0.127. The van der Waals surface area contributed by atoms with Crippen molar-refractivity contribution < 1.29 is 28.9 Å². The number of benzene rings is 1. The van der Waals surface area contributed by atoms with E-state index in [2.05, 4.69) is 10.2 Å². The summed E-state index contributed by atoms with van der Waals surface area (Å²) >= 11 is 0. The summed E-state index contributed by atoms with van der Waals surface area (Å²) in [4.78, 5) is 10.8. The molecule has 2 rings (SSSR count). The van der Waals surface area contributed by atoms with Crippen LogP contribution < -0.4 is 9.47 Å². The number of phenolic OH excluding ortho intramolecular Hbond substituents is 1. The van der Waals surface area contributed by atoms with E-state index in [1.54, 1.807) is 0 Å². The van der Waals surface area contributed by atoms with Gasteiger partial charge in [-0.3, -0.25) is 5.10 Å². The fraction of sp³-hybridized carbons (Fsp3) is 0.167. The summed E-state index contributed by atoms with van der Waals surface area (Å²) in [6.45, 7) is 0. The van der Waals surface area contributed by atoms with Gasteiger partial charge in [0.25, 0.3) is 0 Å². The molecule has 0 saturated carbocycles. The topological polar surface area (TPSA) is 105 Å². The van der Waals surface area contributed by atoms with Crippen molar-refractivity contribution in [3.05, 3.63) is 23.6 Å². The number of hydrogen-bond acceptors (Lipinski definition) is 5. The number of aromatic amines is 1. The Balaban J connectivity index is 2.61. The van der Waals surface area contributed by atoms with Crippen molar-refractivity contribution in [2.75, 3.05) is 14.2 Å². The molecule has 1 aromatic carbocycles. The largest absolute Gasteiger partial charge is 0.504 e. The Hall–Kier alpha value is -2.77. The van der Waals surface area contributed by atoms with E-state index in [0.717, 1.165) is 0 Å². The zero-order valence-electron chi connectivity index (χ0n) is 10.6. The molecule has 0 amide bonds. The highest BCUT2D eigenvalue weighted by Crippen LogP contribution is 2.42. The quantitative estimate of drug-likeness (QED) is 0.787. The van der Waals surface area contributed by atoms with Crippen LogP contribution in [0.15, 0.2) is 12.1 Å². The van der Waals surface area contributed by atoms with Crippen LogP contribution in [0.2, 0.25) is 0 Å². The second-order valence-corrected chi connectivity index (χ2v) is 3.79.